The Bertz CT molecular complexity index is 469. The lowest BCUT2D eigenvalue weighted by atomic mass is 10.0. The molecular formula is C15H23FN2O2S. The highest BCUT2D eigenvalue weighted by Gasteiger charge is 2.20. The Hall–Kier alpha value is -0.980. The van der Waals surface area contributed by atoms with Crippen molar-refractivity contribution in [1.82, 2.24) is 0 Å². The molecule has 2 rings (SSSR count). The zero-order chi connectivity index (χ0) is 15.2. The molecule has 0 aliphatic carbocycles. The maximum atomic E-state index is 12.7. The molecule has 1 aromatic carbocycles. The number of ether oxygens (including phenoxy) is 1. The lowest BCUT2D eigenvalue weighted by Crippen LogP contribution is -2.31. The minimum atomic E-state index is -0.692. The van der Waals surface area contributed by atoms with Crippen molar-refractivity contribution in [2.24, 2.45) is 5.73 Å². The minimum Gasteiger partial charge on any atom is -0.375 e. The summed E-state index contributed by atoms with van der Waals surface area (Å²) in [6.45, 7) is 1.12. The predicted octanol–water partition coefficient (Wildman–Crippen LogP) is 1.63. The van der Waals surface area contributed by atoms with Gasteiger partial charge in [-0.25, -0.2) is 4.39 Å². The lowest BCUT2D eigenvalue weighted by molar-refractivity contribution is 0.0721. The van der Waals surface area contributed by atoms with Crippen LogP contribution in [0, 0.1) is 0 Å². The van der Waals surface area contributed by atoms with Crippen molar-refractivity contribution in [3.63, 3.8) is 0 Å². The number of halogens is 1. The van der Waals surface area contributed by atoms with Crippen molar-refractivity contribution in [1.29, 1.82) is 0 Å². The normalized spacial score (nSPS) is 22.6. The van der Waals surface area contributed by atoms with Crippen LogP contribution in [-0.2, 0) is 15.5 Å². The fourth-order valence-electron chi connectivity index (χ4n) is 2.61. The van der Waals surface area contributed by atoms with Crippen LogP contribution in [0.5, 0.6) is 0 Å². The highest BCUT2D eigenvalue weighted by Crippen LogP contribution is 2.24. The zero-order valence-electron chi connectivity index (χ0n) is 12.3. The van der Waals surface area contributed by atoms with Gasteiger partial charge in [0.05, 0.1) is 12.1 Å². The Morgan fingerprint density at radius 2 is 2.05 bits per heavy atom. The maximum absolute atomic E-state index is 12.7. The first-order valence-electron chi connectivity index (χ1n) is 7.20. The molecule has 6 heteroatoms. The van der Waals surface area contributed by atoms with Crippen molar-refractivity contribution in [3.05, 3.63) is 29.8 Å². The smallest absolute Gasteiger partial charge is 0.107 e. The van der Waals surface area contributed by atoms with Crippen LogP contribution in [0.15, 0.2) is 24.3 Å². The Labute approximate surface area is 127 Å². The van der Waals surface area contributed by atoms with E-state index in [1.165, 1.54) is 7.11 Å². The molecule has 0 aromatic heterocycles. The van der Waals surface area contributed by atoms with E-state index in [-0.39, 0.29) is 0 Å². The average Bonchev–Trinajstić information content (AvgIpc) is 2.73. The van der Waals surface area contributed by atoms with Gasteiger partial charge in [-0.3, -0.25) is 4.21 Å². The Kier molecular flexibility index (Phi) is 6.14. The predicted molar refractivity (Wildman–Crippen MR) is 84.8 cm³/mol. The largest absolute Gasteiger partial charge is 0.375 e. The van der Waals surface area contributed by atoms with E-state index < -0.39 is 29.6 Å². The van der Waals surface area contributed by atoms with E-state index in [0.29, 0.717) is 0 Å². The first-order chi connectivity index (χ1) is 10.2. The number of benzene rings is 1. The van der Waals surface area contributed by atoms with Gasteiger partial charge in [0.1, 0.15) is 6.67 Å². The van der Waals surface area contributed by atoms with Gasteiger partial charge < -0.3 is 15.4 Å². The SMILES string of the molecule is COC(c1ccc(N2CCCS(=O)CC2)cc1)C(N)CF. The third-order valence-corrected chi connectivity index (χ3v) is 5.18. The highest BCUT2D eigenvalue weighted by atomic mass is 32.2. The Morgan fingerprint density at radius 3 is 2.67 bits per heavy atom. The highest BCUT2D eigenvalue weighted by molar-refractivity contribution is 7.85. The second-order valence-corrected chi connectivity index (χ2v) is 6.95. The Balaban J connectivity index is 2.09. The van der Waals surface area contributed by atoms with E-state index in [1.807, 2.05) is 24.3 Å². The van der Waals surface area contributed by atoms with Crippen LogP contribution in [0.25, 0.3) is 0 Å². The molecule has 1 aromatic rings. The summed E-state index contributed by atoms with van der Waals surface area (Å²) in [5.41, 5.74) is 7.71. The van der Waals surface area contributed by atoms with Gasteiger partial charge >= 0.3 is 0 Å². The van der Waals surface area contributed by atoms with Crippen molar-refractivity contribution in [3.8, 4) is 0 Å². The van der Waals surface area contributed by atoms with Gasteiger partial charge in [0.25, 0.3) is 0 Å². The van der Waals surface area contributed by atoms with Gasteiger partial charge in [-0.05, 0) is 24.1 Å². The fraction of sp³-hybridized carbons (Fsp3) is 0.600. The zero-order valence-corrected chi connectivity index (χ0v) is 13.2. The standard InChI is InChI=1S/C15H23FN2O2S/c1-20-15(14(17)11-16)12-3-5-13(6-4-12)18-7-2-9-21(19)10-8-18/h3-6,14-15H,2,7-11,17H2,1H3. The second kappa shape index (κ2) is 7.87. The van der Waals surface area contributed by atoms with Crippen LogP contribution in [0.3, 0.4) is 0 Å². The Morgan fingerprint density at radius 1 is 1.33 bits per heavy atom. The van der Waals surface area contributed by atoms with Crippen molar-refractivity contribution < 1.29 is 13.3 Å². The molecule has 3 unspecified atom stereocenters. The first-order valence-corrected chi connectivity index (χ1v) is 8.68. The second-order valence-electron chi connectivity index (χ2n) is 5.25. The van der Waals surface area contributed by atoms with E-state index in [4.69, 9.17) is 10.5 Å². The number of nitrogens with two attached hydrogens (primary N) is 1. The number of anilines is 1. The molecule has 0 bridgehead atoms. The van der Waals surface area contributed by atoms with Crippen molar-refractivity contribution in [2.45, 2.75) is 18.6 Å². The molecule has 0 saturated carbocycles. The molecule has 0 spiro atoms. The van der Waals surface area contributed by atoms with E-state index in [9.17, 15) is 8.60 Å². The van der Waals surface area contributed by atoms with Crippen molar-refractivity contribution >= 4 is 16.5 Å². The molecular weight excluding hydrogens is 291 g/mol. The molecule has 118 valence electrons. The molecule has 0 amide bonds. The minimum absolute atomic E-state index is 0.430. The third kappa shape index (κ3) is 4.25. The third-order valence-electron chi connectivity index (χ3n) is 3.80. The summed E-state index contributed by atoms with van der Waals surface area (Å²) in [5, 5.41) is 0. The maximum Gasteiger partial charge on any atom is 0.107 e. The summed E-state index contributed by atoms with van der Waals surface area (Å²) >= 11 is 0. The van der Waals surface area contributed by atoms with Gasteiger partial charge in [-0.2, -0.15) is 0 Å². The van der Waals surface area contributed by atoms with Gasteiger partial charge in [0.15, 0.2) is 0 Å². The lowest BCUT2D eigenvalue weighted by Gasteiger charge is -2.24. The molecule has 3 atom stereocenters. The van der Waals surface area contributed by atoms with Gasteiger partial charge in [-0.15, -0.1) is 0 Å². The molecule has 1 aliphatic rings. The van der Waals surface area contributed by atoms with Crippen LogP contribution in [-0.4, -0.2) is 48.6 Å². The van der Waals surface area contributed by atoms with Gasteiger partial charge in [0, 0.05) is 48.2 Å². The molecule has 1 heterocycles. The van der Waals surface area contributed by atoms with E-state index in [0.717, 1.165) is 42.3 Å². The first kappa shape index (κ1) is 16.4. The molecule has 21 heavy (non-hydrogen) atoms. The van der Waals surface area contributed by atoms with Crippen LogP contribution in [0.1, 0.15) is 18.1 Å². The van der Waals surface area contributed by atoms with Crippen molar-refractivity contribution in [2.75, 3.05) is 43.3 Å². The molecule has 1 fully saturated rings. The topological polar surface area (TPSA) is 55.6 Å². The van der Waals surface area contributed by atoms with Gasteiger partial charge in [-0.1, -0.05) is 12.1 Å². The number of alkyl halides is 1. The fourth-order valence-corrected chi connectivity index (χ4v) is 3.69. The number of nitrogens with zero attached hydrogens (tertiary/aromatic N) is 1. The molecule has 2 N–H and O–H groups in total. The summed E-state index contributed by atoms with van der Waals surface area (Å²) in [6, 6.07) is 7.21. The van der Waals surface area contributed by atoms with Crippen LogP contribution < -0.4 is 10.6 Å². The summed E-state index contributed by atoms with van der Waals surface area (Å²) < 4.78 is 29.6. The summed E-state index contributed by atoms with van der Waals surface area (Å²) in [6.07, 6.45) is 0.516. The number of hydrogen-bond donors (Lipinski definition) is 1. The van der Waals surface area contributed by atoms with Crippen LogP contribution in [0.4, 0.5) is 10.1 Å². The number of rotatable bonds is 5. The monoisotopic (exact) mass is 314 g/mol. The summed E-state index contributed by atoms with van der Waals surface area (Å²) in [4.78, 5) is 2.24. The molecule has 1 aliphatic heterocycles. The summed E-state index contributed by atoms with van der Waals surface area (Å²) in [5.74, 6) is 1.50. The average molecular weight is 314 g/mol. The van der Waals surface area contributed by atoms with Crippen LogP contribution in [0.2, 0.25) is 0 Å². The van der Waals surface area contributed by atoms with Gasteiger partial charge in [0.2, 0.25) is 0 Å². The molecule has 0 radical (unpaired) electrons. The molecule has 4 nitrogen and oxygen atoms in total. The quantitative estimate of drug-likeness (QED) is 0.897. The van der Waals surface area contributed by atoms with E-state index >= 15 is 0 Å². The van der Waals surface area contributed by atoms with E-state index in [1.54, 1.807) is 0 Å². The number of hydrogen-bond acceptors (Lipinski definition) is 4. The molecule has 1 saturated heterocycles. The number of methoxy groups -OCH3 is 1. The van der Waals surface area contributed by atoms with Crippen LogP contribution >= 0.6 is 0 Å². The summed E-state index contributed by atoms with van der Waals surface area (Å²) in [7, 11) is 0.847. The van der Waals surface area contributed by atoms with E-state index in [2.05, 4.69) is 4.90 Å².